The summed E-state index contributed by atoms with van der Waals surface area (Å²) < 4.78 is 0. The predicted octanol–water partition coefficient (Wildman–Crippen LogP) is 1.32. The average molecular weight is 275 g/mol. The van der Waals surface area contributed by atoms with Crippen molar-refractivity contribution in [2.75, 3.05) is 26.7 Å². The van der Waals surface area contributed by atoms with E-state index >= 15 is 0 Å². The second-order valence-electron chi connectivity index (χ2n) is 4.88. The number of halogens is 1. The Kier molecular flexibility index (Phi) is 3.36. The van der Waals surface area contributed by atoms with Crippen LogP contribution in [0, 0.1) is 5.92 Å². The Bertz CT molecular complexity index is 259. The average Bonchev–Trinajstić information content (AvgIpc) is 2.49. The van der Waals surface area contributed by atoms with Gasteiger partial charge in [0, 0.05) is 19.1 Å². The number of likely N-dealkylation sites (tertiary alicyclic amines) is 2. The lowest BCUT2D eigenvalue weighted by atomic mass is 9.93. The fourth-order valence-electron chi connectivity index (χ4n) is 2.80. The summed E-state index contributed by atoms with van der Waals surface area (Å²) in [7, 11) is 2.16. The molecule has 2 aliphatic rings. The smallest absolute Gasteiger partial charge is 0.236 e. The van der Waals surface area contributed by atoms with Crippen LogP contribution in [0.2, 0.25) is 0 Å². The minimum atomic E-state index is 0.0735. The van der Waals surface area contributed by atoms with Gasteiger partial charge in [-0.1, -0.05) is 22.9 Å². The van der Waals surface area contributed by atoms with Crippen LogP contribution in [0.5, 0.6) is 0 Å². The zero-order valence-electron chi connectivity index (χ0n) is 9.45. The molecule has 15 heavy (non-hydrogen) atoms. The van der Waals surface area contributed by atoms with Crippen molar-refractivity contribution < 1.29 is 4.79 Å². The molecule has 2 heterocycles. The molecule has 3 unspecified atom stereocenters. The number of amides is 1. The summed E-state index contributed by atoms with van der Waals surface area (Å²) in [6.07, 6.45) is 2.10. The first-order chi connectivity index (χ1) is 7.09. The molecule has 0 bridgehead atoms. The summed E-state index contributed by atoms with van der Waals surface area (Å²) in [5.74, 6) is 0.905. The van der Waals surface area contributed by atoms with Crippen molar-refractivity contribution in [3.05, 3.63) is 0 Å². The molecule has 0 spiro atoms. The molecular weight excluding hydrogens is 256 g/mol. The van der Waals surface area contributed by atoms with Gasteiger partial charge in [0.25, 0.3) is 0 Å². The van der Waals surface area contributed by atoms with Gasteiger partial charge in [0.05, 0.1) is 4.83 Å². The summed E-state index contributed by atoms with van der Waals surface area (Å²) in [6, 6.07) is 0.469. The largest absolute Gasteiger partial charge is 0.338 e. The number of carbonyl (C=O) groups is 1. The Hall–Kier alpha value is -0.0900. The molecule has 0 radical (unpaired) electrons. The fraction of sp³-hybridized carbons (Fsp3) is 0.909. The Morgan fingerprint density at radius 3 is 2.60 bits per heavy atom. The zero-order valence-corrected chi connectivity index (χ0v) is 11.0. The molecule has 0 aromatic heterocycles. The molecule has 0 aromatic carbocycles. The zero-order chi connectivity index (χ0) is 11.0. The van der Waals surface area contributed by atoms with Gasteiger partial charge in [-0.25, -0.2) is 0 Å². The quantitative estimate of drug-likeness (QED) is 0.674. The van der Waals surface area contributed by atoms with Crippen LogP contribution in [0.25, 0.3) is 0 Å². The molecule has 0 aromatic rings. The molecule has 2 aliphatic heterocycles. The first-order valence-electron chi connectivity index (χ1n) is 5.72. The normalized spacial score (nSPS) is 38.7. The van der Waals surface area contributed by atoms with Gasteiger partial charge in [0.2, 0.25) is 5.91 Å². The number of rotatable bonds is 1. The van der Waals surface area contributed by atoms with Gasteiger partial charge in [0.1, 0.15) is 0 Å². The van der Waals surface area contributed by atoms with Crippen molar-refractivity contribution in [1.82, 2.24) is 9.80 Å². The van der Waals surface area contributed by atoms with E-state index in [4.69, 9.17) is 0 Å². The van der Waals surface area contributed by atoms with Crippen molar-refractivity contribution in [3.8, 4) is 0 Å². The molecule has 2 rings (SSSR count). The highest BCUT2D eigenvalue weighted by Crippen LogP contribution is 2.28. The number of hydrogen-bond donors (Lipinski definition) is 0. The summed E-state index contributed by atoms with van der Waals surface area (Å²) in [6.45, 7) is 5.43. The Labute approximate surface area is 99.9 Å². The Morgan fingerprint density at radius 1 is 1.33 bits per heavy atom. The van der Waals surface area contributed by atoms with E-state index < -0.39 is 0 Å². The highest BCUT2D eigenvalue weighted by atomic mass is 79.9. The Balaban J connectivity index is 2.02. The summed E-state index contributed by atoms with van der Waals surface area (Å²) in [4.78, 5) is 16.4. The molecule has 0 N–H and O–H groups in total. The maximum Gasteiger partial charge on any atom is 0.236 e. The van der Waals surface area contributed by atoms with Gasteiger partial charge >= 0.3 is 0 Å². The molecule has 4 heteroatoms. The van der Waals surface area contributed by atoms with E-state index in [9.17, 15) is 4.79 Å². The lowest BCUT2D eigenvalue weighted by Crippen LogP contribution is -2.50. The van der Waals surface area contributed by atoms with E-state index in [1.807, 2.05) is 0 Å². The van der Waals surface area contributed by atoms with E-state index in [1.165, 1.54) is 0 Å². The highest BCUT2D eigenvalue weighted by molar-refractivity contribution is 9.10. The van der Waals surface area contributed by atoms with Gasteiger partial charge in [0.15, 0.2) is 0 Å². The SMILES string of the molecule is CC1CN(C)CCC1N1CCC(Br)C1=O. The molecule has 0 saturated carbocycles. The van der Waals surface area contributed by atoms with Crippen LogP contribution in [-0.2, 0) is 4.79 Å². The minimum Gasteiger partial charge on any atom is -0.338 e. The van der Waals surface area contributed by atoms with E-state index in [0.717, 1.165) is 32.5 Å². The standard InChI is InChI=1S/C11H19BrN2O/c1-8-7-13(2)5-4-10(8)14-6-3-9(12)11(14)15/h8-10H,3-7H2,1-2H3. The van der Waals surface area contributed by atoms with Crippen molar-refractivity contribution in [1.29, 1.82) is 0 Å². The van der Waals surface area contributed by atoms with Gasteiger partial charge < -0.3 is 9.80 Å². The molecule has 2 fully saturated rings. The molecule has 3 nitrogen and oxygen atoms in total. The first-order valence-corrected chi connectivity index (χ1v) is 6.64. The number of piperidine rings is 1. The third-order valence-electron chi connectivity index (χ3n) is 3.64. The number of alkyl halides is 1. The van der Waals surface area contributed by atoms with Crippen LogP contribution in [-0.4, -0.2) is 53.3 Å². The third kappa shape index (κ3) is 2.21. The highest BCUT2D eigenvalue weighted by Gasteiger charge is 2.38. The Morgan fingerprint density at radius 2 is 2.07 bits per heavy atom. The van der Waals surface area contributed by atoms with Gasteiger partial charge in [-0.05, 0) is 32.4 Å². The molecule has 3 atom stereocenters. The second-order valence-corrected chi connectivity index (χ2v) is 5.99. The monoisotopic (exact) mass is 274 g/mol. The second kappa shape index (κ2) is 4.42. The number of nitrogens with zero attached hydrogens (tertiary/aromatic N) is 2. The minimum absolute atomic E-state index is 0.0735. The molecule has 86 valence electrons. The van der Waals surface area contributed by atoms with Gasteiger partial charge in [-0.15, -0.1) is 0 Å². The van der Waals surface area contributed by atoms with Crippen LogP contribution < -0.4 is 0 Å². The molecule has 1 amide bonds. The lowest BCUT2D eigenvalue weighted by molar-refractivity contribution is -0.131. The summed E-state index contributed by atoms with van der Waals surface area (Å²) >= 11 is 3.44. The first kappa shape index (κ1) is 11.4. The predicted molar refractivity (Wildman–Crippen MR) is 64.1 cm³/mol. The van der Waals surface area contributed by atoms with Crippen LogP contribution in [0.15, 0.2) is 0 Å². The van der Waals surface area contributed by atoms with Crippen molar-refractivity contribution in [3.63, 3.8) is 0 Å². The number of carbonyl (C=O) groups excluding carboxylic acids is 1. The van der Waals surface area contributed by atoms with E-state index in [0.29, 0.717) is 17.9 Å². The lowest BCUT2D eigenvalue weighted by Gasteiger charge is -2.40. The summed E-state index contributed by atoms with van der Waals surface area (Å²) in [5.41, 5.74) is 0. The molecule has 0 aliphatic carbocycles. The number of hydrogen-bond acceptors (Lipinski definition) is 2. The topological polar surface area (TPSA) is 23.6 Å². The molecule has 2 saturated heterocycles. The van der Waals surface area contributed by atoms with Gasteiger partial charge in [-0.2, -0.15) is 0 Å². The maximum atomic E-state index is 11.9. The van der Waals surface area contributed by atoms with Crippen LogP contribution in [0.1, 0.15) is 19.8 Å². The van der Waals surface area contributed by atoms with Crippen molar-refractivity contribution in [2.24, 2.45) is 5.92 Å². The molecular formula is C11H19BrN2O. The summed E-state index contributed by atoms with van der Waals surface area (Å²) in [5, 5.41) is 0. The third-order valence-corrected chi connectivity index (χ3v) is 4.49. The van der Waals surface area contributed by atoms with Crippen molar-refractivity contribution in [2.45, 2.75) is 30.6 Å². The van der Waals surface area contributed by atoms with E-state index in [-0.39, 0.29) is 4.83 Å². The van der Waals surface area contributed by atoms with E-state index in [2.05, 4.69) is 39.7 Å². The van der Waals surface area contributed by atoms with Crippen molar-refractivity contribution >= 4 is 21.8 Å². The fourth-order valence-corrected chi connectivity index (χ4v) is 3.27. The maximum absolute atomic E-state index is 11.9. The van der Waals surface area contributed by atoms with Crippen LogP contribution in [0.4, 0.5) is 0 Å². The van der Waals surface area contributed by atoms with Gasteiger partial charge in [-0.3, -0.25) is 4.79 Å². The van der Waals surface area contributed by atoms with Crippen LogP contribution in [0.3, 0.4) is 0 Å². The van der Waals surface area contributed by atoms with E-state index in [1.54, 1.807) is 0 Å². The van der Waals surface area contributed by atoms with Crippen LogP contribution >= 0.6 is 15.9 Å².